The van der Waals surface area contributed by atoms with Crippen molar-refractivity contribution in [3.63, 3.8) is 0 Å². The van der Waals surface area contributed by atoms with Crippen LogP contribution in [0.25, 0.3) is 22.4 Å². The molecule has 0 saturated heterocycles. The topological polar surface area (TPSA) is 73.8 Å². The number of aryl methyl sites for hydroxylation is 1. The molecule has 130 valence electrons. The maximum Gasteiger partial charge on any atom is 0.261 e. The Morgan fingerprint density at radius 1 is 1.08 bits per heavy atom. The van der Waals surface area contributed by atoms with Crippen molar-refractivity contribution >= 4 is 22.5 Å². The maximum absolute atomic E-state index is 12.9. The molecule has 0 N–H and O–H groups in total. The first-order chi connectivity index (χ1) is 12.7. The minimum atomic E-state index is -0.114. The lowest BCUT2D eigenvalue weighted by Gasteiger charge is -2.10. The Hall–Kier alpha value is -2.99. The molecule has 0 spiro atoms. The molecule has 0 saturated carbocycles. The van der Waals surface area contributed by atoms with Crippen LogP contribution in [-0.2, 0) is 13.0 Å². The third-order valence-corrected chi connectivity index (χ3v) is 4.46. The van der Waals surface area contributed by atoms with Crippen molar-refractivity contribution in [2.75, 3.05) is 0 Å². The van der Waals surface area contributed by atoms with E-state index in [0.717, 1.165) is 0 Å². The van der Waals surface area contributed by atoms with E-state index < -0.39 is 0 Å². The number of halogens is 1. The standard InChI is InChI=1S/C19H15ClN4O2/c1-2-17-21-15-10-6-4-8-13(15)19(25)24(17)11-16-22-18(26-23-16)12-7-3-5-9-14(12)20/h3-10H,2,11H2,1H3. The van der Waals surface area contributed by atoms with Gasteiger partial charge in [-0.15, -0.1) is 0 Å². The van der Waals surface area contributed by atoms with Gasteiger partial charge in [0.05, 0.1) is 28.0 Å². The SMILES string of the molecule is CCc1nc2ccccc2c(=O)n1Cc1noc(-c2ccccc2Cl)n1. The molecule has 0 unspecified atom stereocenters. The number of nitrogens with zero attached hydrogens (tertiary/aromatic N) is 4. The molecule has 0 amide bonds. The number of aromatic nitrogens is 4. The van der Waals surface area contributed by atoms with Crippen LogP contribution in [0.2, 0.25) is 5.02 Å². The summed E-state index contributed by atoms with van der Waals surface area (Å²) in [6, 6.07) is 14.5. The third-order valence-electron chi connectivity index (χ3n) is 4.13. The summed E-state index contributed by atoms with van der Waals surface area (Å²) in [5.74, 6) is 1.40. The monoisotopic (exact) mass is 366 g/mol. The van der Waals surface area contributed by atoms with Crippen LogP contribution < -0.4 is 5.56 Å². The molecule has 0 aliphatic rings. The molecule has 2 heterocycles. The van der Waals surface area contributed by atoms with E-state index in [-0.39, 0.29) is 12.1 Å². The van der Waals surface area contributed by atoms with E-state index in [9.17, 15) is 4.79 Å². The van der Waals surface area contributed by atoms with Gasteiger partial charge in [0, 0.05) is 6.42 Å². The average Bonchev–Trinajstić information content (AvgIpc) is 3.12. The minimum Gasteiger partial charge on any atom is -0.334 e. The fourth-order valence-corrected chi connectivity index (χ4v) is 3.07. The van der Waals surface area contributed by atoms with Crippen LogP contribution in [0.1, 0.15) is 18.6 Å². The van der Waals surface area contributed by atoms with Crippen molar-refractivity contribution in [3.8, 4) is 11.5 Å². The van der Waals surface area contributed by atoms with Gasteiger partial charge in [-0.25, -0.2) is 4.98 Å². The lowest BCUT2D eigenvalue weighted by molar-refractivity contribution is 0.419. The van der Waals surface area contributed by atoms with Crippen LogP contribution in [0.15, 0.2) is 57.8 Å². The van der Waals surface area contributed by atoms with Crippen molar-refractivity contribution < 1.29 is 4.52 Å². The Bertz CT molecular complexity index is 1150. The first kappa shape index (κ1) is 16.5. The molecule has 0 bridgehead atoms. The van der Waals surface area contributed by atoms with Crippen molar-refractivity contribution in [2.45, 2.75) is 19.9 Å². The Morgan fingerprint density at radius 2 is 1.85 bits per heavy atom. The Labute approximate surface area is 154 Å². The zero-order chi connectivity index (χ0) is 18.1. The van der Waals surface area contributed by atoms with Gasteiger partial charge in [0.25, 0.3) is 11.4 Å². The van der Waals surface area contributed by atoms with Gasteiger partial charge in [0.1, 0.15) is 5.82 Å². The van der Waals surface area contributed by atoms with Crippen LogP contribution in [0.5, 0.6) is 0 Å². The van der Waals surface area contributed by atoms with Crippen LogP contribution in [-0.4, -0.2) is 19.7 Å². The van der Waals surface area contributed by atoms with Crippen molar-refractivity contribution in [1.82, 2.24) is 19.7 Å². The first-order valence-electron chi connectivity index (χ1n) is 8.23. The molecule has 4 aromatic rings. The zero-order valence-corrected chi connectivity index (χ0v) is 14.8. The number of fused-ring (bicyclic) bond motifs is 1. The van der Waals surface area contributed by atoms with Crippen molar-refractivity contribution in [3.05, 3.63) is 75.6 Å². The summed E-state index contributed by atoms with van der Waals surface area (Å²) in [7, 11) is 0. The first-order valence-corrected chi connectivity index (χ1v) is 8.61. The molecule has 26 heavy (non-hydrogen) atoms. The quantitative estimate of drug-likeness (QED) is 0.550. The van der Waals surface area contributed by atoms with E-state index in [2.05, 4.69) is 15.1 Å². The van der Waals surface area contributed by atoms with Gasteiger partial charge in [0.2, 0.25) is 0 Å². The van der Waals surface area contributed by atoms with E-state index in [4.69, 9.17) is 16.1 Å². The van der Waals surface area contributed by atoms with Gasteiger partial charge < -0.3 is 4.52 Å². The summed E-state index contributed by atoms with van der Waals surface area (Å²) >= 11 is 6.17. The fraction of sp³-hybridized carbons (Fsp3) is 0.158. The van der Waals surface area contributed by atoms with Crippen LogP contribution >= 0.6 is 11.6 Å². The molecule has 0 atom stereocenters. The summed E-state index contributed by atoms with van der Waals surface area (Å²) in [6.07, 6.45) is 0.620. The molecular formula is C19H15ClN4O2. The Balaban J connectivity index is 1.75. The second-order valence-corrected chi connectivity index (χ2v) is 6.19. The van der Waals surface area contributed by atoms with Crippen LogP contribution in [0.3, 0.4) is 0 Å². The molecule has 0 aliphatic carbocycles. The smallest absolute Gasteiger partial charge is 0.261 e. The van der Waals surface area contributed by atoms with Gasteiger partial charge >= 0.3 is 0 Å². The summed E-state index contributed by atoms with van der Waals surface area (Å²) in [6.45, 7) is 2.15. The highest BCUT2D eigenvalue weighted by Gasteiger charge is 2.15. The number of hydrogen-bond donors (Lipinski definition) is 0. The molecule has 4 rings (SSSR count). The second kappa shape index (κ2) is 6.72. The molecule has 0 radical (unpaired) electrons. The Kier molecular flexibility index (Phi) is 4.26. The largest absolute Gasteiger partial charge is 0.334 e. The maximum atomic E-state index is 12.9. The number of para-hydroxylation sites is 1. The predicted molar refractivity (Wildman–Crippen MR) is 99.2 cm³/mol. The molecular weight excluding hydrogens is 352 g/mol. The van der Waals surface area contributed by atoms with Crippen molar-refractivity contribution in [1.29, 1.82) is 0 Å². The van der Waals surface area contributed by atoms with Gasteiger partial charge in [-0.2, -0.15) is 4.98 Å². The number of rotatable bonds is 4. The van der Waals surface area contributed by atoms with Crippen LogP contribution in [0.4, 0.5) is 0 Å². The summed E-state index contributed by atoms with van der Waals surface area (Å²) < 4.78 is 6.91. The third kappa shape index (κ3) is 2.88. The highest BCUT2D eigenvalue weighted by Crippen LogP contribution is 2.25. The van der Waals surface area contributed by atoms with Gasteiger partial charge in [-0.1, -0.05) is 47.9 Å². The lowest BCUT2D eigenvalue weighted by atomic mass is 10.2. The highest BCUT2D eigenvalue weighted by atomic mass is 35.5. The lowest BCUT2D eigenvalue weighted by Crippen LogP contribution is -2.26. The second-order valence-electron chi connectivity index (χ2n) is 5.79. The molecule has 0 aliphatic heterocycles. The molecule has 0 fully saturated rings. The molecule has 6 nitrogen and oxygen atoms in total. The summed E-state index contributed by atoms with van der Waals surface area (Å²) in [5, 5.41) is 5.09. The minimum absolute atomic E-state index is 0.114. The fourth-order valence-electron chi connectivity index (χ4n) is 2.85. The van der Waals surface area contributed by atoms with Gasteiger partial charge in [0.15, 0.2) is 5.82 Å². The van der Waals surface area contributed by atoms with Gasteiger partial charge in [-0.05, 0) is 24.3 Å². The molecule has 2 aromatic heterocycles. The molecule has 7 heteroatoms. The van der Waals surface area contributed by atoms with E-state index in [1.807, 2.05) is 37.3 Å². The Morgan fingerprint density at radius 3 is 2.65 bits per heavy atom. The zero-order valence-electron chi connectivity index (χ0n) is 14.0. The van der Waals surface area contributed by atoms with E-state index in [1.165, 1.54) is 0 Å². The normalized spacial score (nSPS) is 11.2. The van der Waals surface area contributed by atoms with Gasteiger partial charge in [-0.3, -0.25) is 9.36 Å². The van der Waals surface area contributed by atoms with Crippen molar-refractivity contribution in [2.24, 2.45) is 0 Å². The number of hydrogen-bond acceptors (Lipinski definition) is 5. The van der Waals surface area contributed by atoms with Crippen LogP contribution in [0, 0.1) is 0 Å². The average molecular weight is 367 g/mol. The predicted octanol–water partition coefficient (Wildman–Crippen LogP) is 3.71. The summed E-state index contributed by atoms with van der Waals surface area (Å²) in [4.78, 5) is 21.8. The highest BCUT2D eigenvalue weighted by molar-refractivity contribution is 6.33. The number of benzene rings is 2. The summed E-state index contributed by atoms with van der Waals surface area (Å²) in [5.41, 5.74) is 1.24. The van der Waals surface area contributed by atoms with E-state index in [0.29, 0.717) is 45.4 Å². The van der Waals surface area contributed by atoms with E-state index in [1.54, 1.807) is 22.8 Å². The van der Waals surface area contributed by atoms with E-state index >= 15 is 0 Å². The molecule has 2 aromatic carbocycles.